The minimum Gasteiger partial charge on any atom is -0.392 e. The maximum Gasteiger partial charge on any atom is 0.240 e. The second-order valence-corrected chi connectivity index (χ2v) is 6.97. The minimum absolute atomic E-state index is 0.165. The average molecular weight is 312 g/mol. The molecule has 0 unspecified atom stereocenters. The average Bonchev–Trinajstić information content (AvgIpc) is 2.97. The molecule has 0 spiro atoms. The van der Waals surface area contributed by atoms with Crippen molar-refractivity contribution in [3.63, 3.8) is 0 Å². The van der Waals surface area contributed by atoms with E-state index in [0.717, 1.165) is 16.9 Å². The van der Waals surface area contributed by atoms with Gasteiger partial charge in [-0.2, -0.15) is 0 Å². The fourth-order valence-electron chi connectivity index (χ4n) is 1.84. The normalized spacial score (nSPS) is 11.7. The lowest BCUT2D eigenvalue weighted by Crippen LogP contribution is -2.23. The summed E-state index contributed by atoms with van der Waals surface area (Å²) in [5.41, 5.74) is 3.26. The van der Waals surface area contributed by atoms with Crippen LogP contribution in [-0.4, -0.2) is 18.5 Å². The Balaban J connectivity index is 2.20. The molecule has 2 rings (SSSR count). The van der Waals surface area contributed by atoms with Crippen LogP contribution in [0.3, 0.4) is 0 Å². The maximum absolute atomic E-state index is 12.2. The van der Waals surface area contributed by atoms with E-state index in [-0.39, 0.29) is 18.0 Å². The topological polar surface area (TPSA) is 79.3 Å². The number of aromatic nitrogens is 1. The zero-order valence-electron chi connectivity index (χ0n) is 11.0. The molecule has 108 valence electrons. The predicted octanol–water partition coefficient (Wildman–Crippen LogP) is 1.68. The Morgan fingerprint density at radius 1 is 1.35 bits per heavy atom. The molecule has 0 aliphatic carbocycles. The molecule has 0 fully saturated rings. The molecule has 1 aromatic carbocycles. The molecule has 0 aliphatic heterocycles. The Bertz CT molecular complexity index is 667. The molecule has 20 heavy (non-hydrogen) atoms. The van der Waals surface area contributed by atoms with Crippen molar-refractivity contribution in [2.24, 2.45) is 0 Å². The van der Waals surface area contributed by atoms with E-state index in [1.165, 1.54) is 17.4 Å². The summed E-state index contributed by atoms with van der Waals surface area (Å²) in [5, 5.41) is 9.30. The molecule has 0 saturated carbocycles. The third-order valence-corrected chi connectivity index (χ3v) is 5.14. The van der Waals surface area contributed by atoms with Gasteiger partial charge in [-0.05, 0) is 29.7 Å². The summed E-state index contributed by atoms with van der Waals surface area (Å²) in [6, 6.07) is 4.83. The van der Waals surface area contributed by atoms with Gasteiger partial charge in [0.2, 0.25) is 10.0 Å². The Kier molecular flexibility index (Phi) is 4.87. The first-order valence-corrected chi connectivity index (χ1v) is 8.52. The number of aliphatic hydroxyl groups excluding tert-OH is 1. The molecule has 0 atom stereocenters. The number of benzene rings is 1. The number of thiazole rings is 1. The van der Waals surface area contributed by atoms with Crippen LogP contribution >= 0.6 is 11.3 Å². The van der Waals surface area contributed by atoms with Crippen LogP contribution in [0.15, 0.2) is 34.8 Å². The van der Waals surface area contributed by atoms with E-state index in [0.29, 0.717) is 5.56 Å². The number of hydrogen-bond acceptors (Lipinski definition) is 5. The van der Waals surface area contributed by atoms with E-state index in [4.69, 9.17) is 0 Å². The number of rotatable bonds is 6. The van der Waals surface area contributed by atoms with Gasteiger partial charge in [-0.15, -0.1) is 11.3 Å². The Morgan fingerprint density at radius 3 is 2.75 bits per heavy atom. The van der Waals surface area contributed by atoms with Gasteiger partial charge in [0, 0.05) is 17.6 Å². The maximum atomic E-state index is 12.2. The molecule has 0 radical (unpaired) electrons. The van der Waals surface area contributed by atoms with Gasteiger partial charge in [-0.25, -0.2) is 13.1 Å². The summed E-state index contributed by atoms with van der Waals surface area (Å²) in [5.74, 6) is 0. The van der Waals surface area contributed by atoms with Crippen molar-refractivity contribution < 1.29 is 13.5 Å². The predicted molar refractivity (Wildman–Crippen MR) is 77.9 cm³/mol. The minimum atomic E-state index is -3.58. The first-order valence-electron chi connectivity index (χ1n) is 6.16. The molecular formula is C13H16N2O3S2. The number of sulfonamides is 1. The van der Waals surface area contributed by atoms with Gasteiger partial charge in [0.1, 0.15) is 0 Å². The quantitative estimate of drug-likeness (QED) is 0.850. The molecule has 5 nitrogen and oxygen atoms in total. The van der Waals surface area contributed by atoms with Crippen LogP contribution in [0.1, 0.15) is 22.9 Å². The summed E-state index contributed by atoms with van der Waals surface area (Å²) >= 11 is 1.39. The first-order chi connectivity index (χ1) is 9.56. The van der Waals surface area contributed by atoms with Gasteiger partial charge < -0.3 is 5.11 Å². The zero-order chi connectivity index (χ0) is 14.6. The smallest absolute Gasteiger partial charge is 0.240 e. The van der Waals surface area contributed by atoms with Crippen molar-refractivity contribution in [3.05, 3.63) is 45.9 Å². The van der Waals surface area contributed by atoms with Crippen LogP contribution in [0.5, 0.6) is 0 Å². The molecule has 7 heteroatoms. The Morgan fingerprint density at radius 2 is 2.15 bits per heavy atom. The van der Waals surface area contributed by atoms with Crippen molar-refractivity contribution in [1.82, 2.24) is 9.71 Å². The molecule has 0 bridgehead atoms. The fourth-order valence-corrected chi connectivity index (χ4v) is 3.52. The second kappa shape index (κ2) is 6.45. The van der Waals surface area contributed by atoms with Crippen LogP contribution in [-0.2, 0) is 29.6 Å². The summed E-state index contributed by atoms with van der Waals surface area (Å²) in [6.07, 6.45) is 2.39. The van der Waals surface area contributed by atoms with Crippen LogP contribution in [0.4, 0.5) is 0 Å². The van der Waals surface area contributed by atoms with Gasteiger partial charge in [-0.1, -0.05) is 13.0 Å². The van der Waals surface area contributed by atoms with Crippen LogP contribution in [0.25, 0.3) is 0 Å². The van der Waals surface area contributed by atoms with E-state index in [1.54, 1.807) is 23.8 Å². The van der Waals surface area contributed by atoms with Gasteiger partial charge in [-0.3, -0.25) is 4.98 Å². The summed E-state index contributed by atoms with van der Waals surface area (Å²) in [4.78, 5) is 4.91. The lowest BCUT2D eigenvalue weighted by Gasteiger charge is -2.10. The van der Waals surface area contributed by atoms with Crippen LogP contribution < -0.4 is 4.72 Å². The summed E-state index contributed by atoms with van der Waals surface area (Å²) < 4.78 is 26.9. The highest BCUT2D eigenvalue weighted by atomic mass is 32.2. The lowest BCUT2D eigenvalue weighted by molar-refractivity contribution is 0.280. The van der Waals surface area contributed by atoms with E-state index in [9.17, 15) is 13.5 Å². The Hall–Kier alpha value is -1.28. The number of nitrogens with zero attached hydrogens (tertiary/aromatic N) is 1. The molecule has 0 amide bonds. The second-order valence-electron chi connectivity index (χ2n) is 4.23. The van der Waals surface area contributed by atoms with Crippen LogP contribution in [0, 0.1) is 0 Å². The van der Waals surface area contributed by atoms with E-state index < -0.39 is 10.0 Å². The highest BCUT2D eigenvalue weighted by molar-refractivity contribution is 7.89. The molecule has 0 aliphatic rings. The monoisotopic (exact) mass is 312 g/mol. The molecule has 1 heterocycles. The van der Waals surface area contributed by atoms with Crippen molar-refractivity contribution in [2.45, 2.75) is 31.4 Å². The highest BCUT2D eigenvalue weighted by Crippen LogP contribution is 2.17. The zero-order valence-corrected chi connectivity index (χ0v) is 12.7. The van der Waals surface area contributed by atoms with Crippen molar-refractivity contribution >= 4 is 21.4 Å². The highest BCUT2D eigenvalue weighted by Gasteiger charge is 2.15. The SMILES string of the molecule is CCc1ccc(S(=O)(=O)NCc2cncs2)cc1CO. The lowest BCUT2D eigenvalue weighted by atomic mass is 10.1. The van der Waals surface area contributed by atoms with Gasteiger partial charge >= 0.3 is 0 Å². The third-order valence-electron chi connectivity index (χ3n) is 2.96. The number of nitrogens with one attached hydrogen (secondary N) is 1. The van der Waals surface area contributed by atoms with Crippen molar-refractivity contribution in [2.75, 3.05) is 0 Å². The molecule has 0 saturated heterocycles. The number of aliphatic hydroxyl groups is 1. The molecular weight excluding hydrogens is 296 g/mol. The summed E-state index contributed by atoms with van der Waals surface area (Å²) in [6.45, 7) is 2.02. The number of aryl methyl sites for hydroxylation is 1. The van der Waals surface area contributed by atoms with Gasteiger partial charge in [0.25, 0.3) is 0 Å². The van der Waals surface area contributed by atoms with Crippen LogP contribution in [0.2, 0.25) is 0 Å². The van der Waals surface area contributed by atoms with E-state index in [1.807, 2.05) is 6.92 Å². The van der Waals surface area contributed by atoms with Gasteiger partial charge in [0.05, 0.1) is 17.0 Å². The van der Waals surface area contributed by atoms with E-state index >= 15 is 0 Å². The standard InChI is InChI=1S/C13H16N2O3S2/c1-2-10-3-4-13(5-11(10)8-16)20(17,18)15-7-12-6-14-9-19-12/h3-6,9,15-16H,2,7-8H2,1H3. The third kappa shape index (κ3) is 3.43. The van der Waals surface area contributed by atoms with E-state index in [2.05, 4.69) is 9.71 Å². The fraction of sp³-hybridized carbons (Fsp3) is 0.308. The molecule has 1 aromatic heterocycles. The summed E-state index contributed by atoms with van der Waals surface area (Å²) in [7, 11) is -3.58. The first kappa shape index (κ1) is 15.1. The Labute approximate surface area is 122 Å². The van der Waals surface area contributed by atoms with Crippen molar-refractivity contribution in [1.29, 1.82) is 0 Å². The van der Waals surface area contributed by atoms with Gasteiger partial charge in [0.15, 0.2) is 0 Å². The largest absolute Gasteiger partial charge is 0.392 e. The number of hydrogen-bond donors (Lipinski definition) is 2. The molecule has 2 aromatic rings. The van der Waals surface area contributed by atoms with Crippen molar-refractivity contribution in [3.8, 4) is 0 Å². The molecule has 2 N–H and O–H groups in total.